The fraction of sp³-hybridized carbons (Fsp3) is 0.935. The highest BCUT2D eigenvalue weighted by molar-refractivity contribution is 5.90. The van der Waals surface area contributed by atoms with E-state index in [0.29, 0.717) is 32.1 Å². The summed E-state index contributed by atoms with van der Waals surface area (Å²) in [5.74, 6) is -0.354. The third-order valence-corrected chi connectivity index (χ3v) is 8.27. The Morgan fingerprint density at radius 1 is 0.895 bits per heavy atom. The molecular formula is C31H63N3O4. The Morgan fingerprint density at radius 2 is 1.47 bits per heavy atom. The van der Waals surface area contributed by atoms with Crippen LogP contribution in [0.5, 0.6) is 0 Å². The summed E-state index contributed by atoms with van der Waals surface area (Å²) in [5, 5.41) is 6.27. The van der Waals surface area contributed by atoms with E-state index in [1.54, 1.807) is 7.11 Å². The number of hydrogen-bond acceptors (Lipinski definition) is 5. The molecule has 7 heteroatoms. The molecule has 0 fully saturated rings. The van der Waals surface area contributed by atoms with Crippen LogP contribution in [0.15, 0.2) is 0 Å². The van der Waals surface area contributed by atoms with Crippen molar-refractivity contribution in [1.82, 2.24) is 10.6 Å². The maximum Gasteiger partial charge on any atom is 0.243 e. The molecule has 0 saturated heterocycles. The van der Waals surface area contributed by atoms with Crippen LogP contribution in [0.3, 0.4) is 0 Å². The third-order valence-electron chi connectivity index (χ3n) is 8.27. The highest BCUT2D eigenvalue weighted by atomic mass is 16.5. The molecule has 0 rings (SSSR count). The van der Waals surface area contributed by atoms with Crippen molar-refractivity contribution in [3.8, 4) is 0 Å². The number of hydrogen-bond donors (Lipinski definition) is 3. The molecular weight excluding hydrogens is 478 g/mol. The summed E-state index contributed by atoms with van der Waals surface area (Å²) in [7, 11) is 1.67. The van der Waals surface area contributed by atoms with E-state index < -0.39 is 33.7 Å². The highest BCUT2D eigenvalue weighted by Crippen LogP contribution is 2.37. The van der Waals surface area contributed by atoms with Crippen LogP contribution in [-0.4, -0.2) is 53.3 Å². The van der Waals surface area contributed by atoms with Crippen LogP contribution >= 0.6 is 0 Å². The van der Waals surface area contributed by atoms with Crippen molar-refractivity contribution in [1.29, 1.82) is 0 Å². The summed E-state index contributed by atoms with van der Waals surface area (Å²) < 4.78 is 12.1. The van der Waals surface area contributed by atoms with Crippen molar-refractivity contribution in [2.45, 2.75) is 175 Å². The number of amides is 2. The van der Waals surface area contributed by atoms with Gasteiger partial charge in [0.05, 0.1) is 17.3 Å². The average Bonchev–Trinajstić information content (AvgIpc) is 2.80. The minimum absolute atomic E-state index is 0.128. The lowest BCUT2D eigenvalue weighted by atomic mass is 9.75. The second-order valence-corrected chi connectivity index (χ2v) is 13.7. The first-order chi connectivity index (χ1) is 17.2. The van der Waals surface area contributed by atoms with Gasteiger partial charge in [0.1, 0.15) is 6.04 Å². The summed E-state index contributed by atoms with van der Waals surface area (Å²) in [5.41, 5.74) is 3.84. The molecule has 226 valence electrons. The lowest BCUT2D eigenvalue weighted by Gasteiger charge is -2.41. The van der Waals surface area contributed by atoms with Crippen LogP contribution < -0.4 is 16.4 Å². The van der Waals surface area contributed by atoms with Crippen molar-refractivity contribution < 1.29 is 19.1 Å². The fourth-order valence-electron chi connectivity index (χ4n) is 5.23. The Balaban J connectivity index is 5.90. The second-order valence-electron chi connectivity index (χ2n) is 13.7. The predicted molar refractivity (Wildman–Crippen MR) is 159 cm³/mol. The molecule has 0 spiro atoms. The number of unbranched alkanes of at least 4 members (excludes halogenated alkanes) is 1. The molecule has 7 nitrogen and oxygen atoms in total. The van der Waals surface area contributed by atoms with Crippen molar-refractivity contribution in [2.75, 3.05) is 7.11 Å². The smallest absolute Gasteiger partial charge is 0.243 e. The van der Waals surface area contributed by atoms with Gasteiger partial charge in [-0.05, 0) is 93.4 Å². The van der Waals surface area contributed by atoms with E-state index >= 15 is 0 Å². The van der Waals surface area contributed by atoms with E-state index in [0.717, 1.165) is 25.7 Å². The number of rotatable bonds is 19. The molecule has 0 radical (unpaired) electrons. The third kappa shape index (κ3) is 12.8. The van der Waals surface area contributed by atoms with Gasteiger partial charge in [-0.3, -0.25) is 9.59 Å². The van der Waals surface area contributed by atoms with Crippen molar-refractivity contribution >= 4 is 11.8 Å². The molecule has 0 bridgehead atoms. The quantitative estimate of drug-likeness (QED) is 0.179. The van der Waals surface area contributed by atoms with Gasteiger partial charge in [0.2, 0.25) is 11.8 Å². The first kappa shape index (κ1) is 36.8. The summed E-state index contributed by atoms with van der Waals surface area (Å²) in [6.45, 7) is 24.4. The monoisotopic (exact) mass is 541 g/mol. The normalized spacial score (nSPS) is 19.0. The Labute approximate surface area is 235 Å². The SMILES string of the molecule is CCCCC(C)OC(C)(CC)CC(C)(CC)C(=O)NC(CC(C)(N)CC)C(=O)NC(C)(C)CC(C)(C)OC. The summed E-state index contributed by atoms with van der Waals surface area (Å²) >= 11 is 0. The topological polar surface area (TPSA) is 103 Å². The molecule has 0 aromatic rings. The maximum atomic E-state index is 13.9. The number of ether oxygens (including phenoxy) is 2. The first-order valence-electron chi connectivity index (χ1n) is 14.9. The Hall–Kier alpha value is -1.18. The van der Waals surface area contributed by atoms with E-state index in [1.807, 2.05) is 55.4 Å². The van der Waals surface area contributed by atoms with Gasteiger partial charge in [-0.15, -0.1) is 0 Å². The molecule has 0 aliphatic heterocycles. The zero-order chi connectivity index (χ0) is 30.0. The van der Waals surface area contributed by atoms with Crippen LogP contribution in [0.4, 0.5) is 0 Å². The molecule has 0 aliphatic carbocycles. The maximum absolute atomic E-state index is 13.9. The standard InChI is InChI=1S/C31H63N3O4/c1-14-18-19-23(5)38-31(12,17-4)22-29(10,15-2)26(36)33-24(20-30(11,32)16-3)25(35)34-27(6,7)21-28(8,9)37-13/h23-24H,14-22,32H2,1-13H3,(H,33,36)(H,34,35). The van der Waals surface area contributed by atoms with Crippen molar-refractivity contribution in [3.63, 3.8) is 0 Å². The minimum Gasteiger partial charge on any atom is -0.379 e. The Kier molecular flexibility index (Phi) is 14.5. The van der Waals surface area contributed by atoms with Gasteiger partial charge in [0.25, 0.3) is 0 Å². The van der Waals surface area contributed by atoms with Crippen LogP contribution in [0.25, 0.3) is 0 Å². The average molecular weight is 542 g/mol. The van der Waals surface area contributed by atoms with E-state index in [1.165, 1.54) is 0 Å². The van der Waals surface area contributed by atoms with Gasteiger partial charge < -0.3 is 25.8 Å². The molecule has 5 atom stereocenters. The Morgan fingerprint density at radius 3 is 1.92 bits per heavy atom. The Bertz CT molecular complexity index is 737. The predicted octanol–water partition coefficient (Wildman–Crippen LogP) is 6.27. The van der Waals surface area contributed by atoms with Gasteiger partial charge in [0.15, 0.2) is 0 Å². The molecule has 0 aliphatic rings. The van der Waals surface area contributed by atoms with Gasteiger partial charge in [-0.1, -0.05) is 47.5 Å². The molecule has 0 aromatic carbocycles. The van der Waals surface area contributed by atoms with E-state index in [9.17, 15) is 9.59 Å². The first-order valence-corrected chi connectivity index (χ1v) is 14.9. The van der Waals surface area contributed by atoms with E-state index in [-0.39, 0.29) is 17.9 Å². The zero-order valence-electron chi connectivity index (χ0n) is 27.2. The highest BCUT2D eigenvalue weighted by Gasteiger charge is 2.42. The number of nitrogens with two attached hydrogens (primary N) is 1. The molecule has 0 saturated carbocycles. The molecule has 5 unspecified atom stereocenters. The van der Waals surface area contributed by atoms with E-state index in [4.69, 9.17) is 15.2 Å². The fourth-order valence-corrected chi connectivity index (χ4v) is 5.23. The summed E-state index contributed by atoms with van der Waals surface area (Å²) in [4.78, 5) is 27.5. The zero-order valence-corrected chi connectivity index (χ0v) is 27.2. The number of carbonyl (C=O) groups is 2. The van der Waals surface area contributed by atoms with Crippen LogP contribution in [0, 0.1) is 5.41 Å². The van der Waals surface area contributed by atoms with E-state index in [2.05, 4.69) is 38.3 Å². The lowest BCUT2D eigenvalue weighted by molar-refractivity contribution is -0.144. The molecule has 0 heterocycles. The number of methoxy groups -OCH3 is 1. The van der Waals surface area contributed by atoms with Gasteiger partial charge in [-0.25, -0.2) is 0 Å². The largest absolute Gasteiger partial charge is 0.379 e. The molecule has 2 amide bonds. The molecule has 38 heavy (non-hydrogen) atoms. The lowest BCUT2D eigenvalue weighted by Crippen LogP contribution is -2.59. The van der Waals surface area contributed by atoms with Gasteiger partial charge in [-0.2, -0.15) is 0 Å². The second kappa shape index (κ2) is 15.0. The van der Waals surface area contributed by atoms with Crippen LogP contribution in [0.1, 0.15) is 141 Å². The van der Waals surface area contributed by atoms with Crippen molar-refractivity contribution in [2.24, 2.45) is 11.1 Å². The van der Waals surface area contributed by atoms with Crippen molar-refractivity contribution in [3.05, 3.63) is 0 Å². The molecule has 4 N–H and O–H groups in total. The van der Waals surface area contributed by atoms with Gasteiger partial charge >= 0.3 is 0 Å². The van der Waals surface area contributed by atoms with Crippen LogP contribution in [0.2, 0.25) is 0 Å². The molecule has 0 aromatic heterocycles. The number of nitrogens with one attached hydrogen (secondary N) is 2. The number of carbonyl (C=O) groups excluding carboxylic acids is 2. The van der Waals surface area contributed by atoms with Crippen LogP contribution in [-0.2, 0) is 19.1 Å². The minimum atomic E-state index is -0.745. The summed E-state index contributed by atoms with van der Waals surface area (Å²) in [6, 6.07) is -0.745. The summed E-state index contributed by atoms with van der Waals surface area (Å²) in [6.07, 6.45) is 7.05. The van der Waals surface area contributed by atoms with Gasteiger partial charge in [0, 0.05) is 23.6 Å².